The summed E-state index contributed by atoms with van der Waals surface area (Å²) in [6.07, 6.45) is 2.22. The second kappa shape index (κ2) is 6.24. The van der Waals surface area contributed by atoms with Gasteiger partial charge in [0.2, 0.25) is 0 Å². The quantitative estimate of drug-likeness (QED) is 0.830. The van der Waals surface area contributed by atoms with Crippen molar-refractivity contribution < 1.29 is 9.15 Å². The lowest BCUT2D eigenvalue weighted by Crippen LogP contribution is -2.31. The minimum absolute atomic E-state index is 0.0906. The van der Waals surface area contributed by atoms with Crippen molar-refractivity contribution in [3.8, 4) is 5.75 Å². The molecule has 0 saturated heterocycles. The molecule has 2 unspecified atom stereocenters. The molecule has 0 amide bonds. The van der Waals surface area contributed by atoms with E-state index in [9.17, 15) is 0 Å². The van der Waals surface area contributed by atoms with Gasteiger partial charge in [-0.05, 0) is 53.3 Å². The van der Waals surface area contributed by atoms with Gasteiger partial charge in [0.15, 0.2) is 6.10 Å². The molecule has 0 spiro atoms. The highest BCUT2D eigenvalue weighted by atomic mass is 127. The summed E-state index contributed by atoms with van der Waals surface area (Å²) in [5, 5.41) is 0. The zero-order valence-electron chi connectivity index (χ0n) is 10.2. The van der Waals surface area contributed by atoms with Crippen molar-refractivity contribution in [2.75, 3.05) is 0 Å². The average molecular weight is 357 g/mol. The van der Waals surface area contributed by atoms with Crippen LogP contribution in [0.5, 0.6) is 5.75 Å². The van der Waals surface area contributed by atoms with E-state index in [0.717, 1.165) is 21.5 Å². The minimum atomic E-state index is -0.249. The summed E-state index contributed by atoms with van der Waals surface area (Å²) in [7, 11) is 0. The molecule has 0 fully saturated rings. The third kappa shape index (κ3) is 3.05. The van der Waals surface area contributed by atoms with Gasteiger partial charge in [-0.25, -0.2) is 0 Å². The first-order valence-corrected chi connectivity index (χ1v) is 7.00. The highest BCUT2D eigenvalue weighted by Crippen LogP contribution is 2.29. The Kier molecular flexibility index (Phi) is 4.66. The Hall–Kier alpha value is -1.01. The average Bonchev–Trinajstić information content (AvgIpc) is 2.90. The van der Waals surface area contributed by atoms with Crippen LogP contribution < -0.4 is 10.5 Å². The Morgan fingerprint density at radius 1 is 1.28 bits per heavy atom. The van der Waals surface area contributed by atoms with Crippen molar-refractivity contribution in [3.05, 3.63) is 52.0 Å². The van der Waals surface area contributed by atoms with Gasteiger partial charge in [-0.2, -0.15) is 0 Å². The van der Waals surface area contributed by atoms with E-state index in [2.05, 4.69) is 22.6 Å². The fraction of sp³-hybridized carbons (Fsp3) is 0.286. The van der Waals surface area contributed by atoms with Crippen LogP contribution in [0.15, 0.2) is 47.1 Å². The van der Waals surface area contributed by atoms with Crippen molar-refractivity contribution in [2.45, 2.75) is 25.5 Å². The first kappa shape index (κ1) is 13.4. The summed E-state index contributed by atoms with van der Waals surface area (Å²) in [5.74, 6) is 1.60. The van der Waals surface area contributed by atoms with Gasteiger partial charge in [0.05, 0.1) is 9.83 Å². The van der Waals surface area contributed by atoms with E-state index in [0.29, 0.717) is 0 Å². The molecule has 2 rings (SSSR count). The number of ether oxygens (including phenoxy) is 1. The lowest BCUT2D eigenvalue weighted by molar-refractivity contribution is 0.143. The lowest BCUT2D eigenvalue weighted by Gasteiger charge is -2.23. The number of nitrogens with two attached hydrogens (primary N) is 1. The van der Waals surface area contributed by atoms with Gasteiger partial charge in [0, 0.05) is 6.04 Å². The van der Waals surface area contributed by atoms with E-state index in [1.54, 1.807) is 6.26 Å². The Morgan fingerprint density at radius 3 is 2.67 bits per heavy atom. The monoisotopic (exact) mass is 357 g/mol. The SMILES string of the molecule is CCC(N)C(Oc1ccccc1I)c1ccco1. The standard InChI is InChI=1S/C14H16INO2/c1-2-11(16)14(13-8-5-9-17-13)18-12-7-4-3-6-10(12)15/h3-9,11,14H,2,16H2,1H3. The number of hydrogen-bond acceptors (Lipinski definition) is 3. The van der Waals surface area contributed by atoms with Crippen molar-refractivity contribution in [1.82, 2.24) is 0 Å². The minimum Gasteiger partial charge on any atom is -0.480 e. The zero-order valence-corrected chi connectivity index (χ0v) is 12.3. The highest BCUT2D eigenvalue weighted by Gasteiger charge is 2.23. The summed E-state index contributed by atoms with van der Waals surface area (Å²) >= 11 is 2.25. The van der Waals surface area contributed by atoms with Gasteiger partial charge in [-0.3, -0.25) is 0 Å². The Labute approximate surface area is 120 Å². The molecule has 1 aromatic heterocycles. The van der Waals surface area contributed by atoms with Crippen molar-refractivity contribution >= 4 is 22.6 Å². The molecular formula is C14H16INO2. The first-order chi connectivity index (χ1) is 8.72. The molecule has 1 aromatic carbocycles. The smallest absolute Gasteiger partial charge is 0.171 e. The normalized spacial score (nSPS) is 14.2. The van der Waals surface area contributed by atoms with E-state index in [4.69, 9.17) is 14.9 Å². The second-order valence-electron chi connectivity index (χ2n) is 4.06. The Morgan fingerprint density at radius 2 is 2.06 bits per heavy atom. The van der Waals surface area contributed by atoms with Crippen LogP contribution in [0.2, 0.25) is 0 Å². The van der Waals surface area contributed by atoms with Gasteiger partial charge in [-0.1, -0.05) is 19.1 Å². The molecule has 1 heterocycles. The van der Waals surface area contributed by atoms with Crippen LogP contribution in [-0.2, 0) is 0 Å². The van der Waals surface area contributed by atoms with Crippen LogP contribution in [0.3, 0.4) is 0 Å². The van der Waals surface area contributed by atoms with Crippen LogP contribution >= 0.6 is 22.6 Å². The predicted molar refractivity (Wildman–Crippen MR) is 79.5 cm³/mol. The maximum Gasteiger partial charge on any atom is 0.171 e. The Bertz CT molecular complexity index is 484. The largest absolute Gasteiger partial charge is 0.480 e. The molecule has 2 aromatic rings. The summed E-state index contributed by atoms with van der Waals surface area (Å²) in [4.78, 5) is 0. The summed E-state index contributed by atoms with van der Waals surface area (Å²) < 4.78 is 12.5. The van der Waals surface area contributed by atoms with E-state index < -0.39 is 0 Å². The maximum absolute atomic E-state index is 6.12. The molecule has 0 bridgehead atoms. The predicted octanol–water partition coefficient (Wildman–Crippen LogP) is 3.74. The fourth-order valence-corrected chi connectivity index (χ4v) is 2.22. The third-order valence-electron chi connectivity index (χ3n) is 2.77. The highest BCUT2D eigenvalue weighted by molar-refractivity contribution is 14.1. The van der Waals surface area contributed by atoms with E-state index in [-0.39, 0.29) is 12.1 Å². The van der Waals surface area contributed by atoms with Crippen molar-refractivity contribution in [3.63, 3.8) is 0 Å². The number of halogens is 1. The van der Waals surface area contributed by atoms with Crippen LogP contribution in [-0.4, -0.2) is 6.04 Å². The zero-order chi connectivity index (χ0) is 13.0. The number of furan rings is 1. The third-order valence-corrected chi connectivity index (χ3v) is 3.67. The van der Waals surface area contributed by atoms with Gasteiger partial charge < -0.3 is 14.9 Å². The topological polar surface area (TPSA) is 48.4 Å². The molecule has 2 atom stereocenters. The lowest BCUT2D eigenvalue weighted by atomic mass is 10.1. The van der Waals surface area contributed by atoms with Crippen LogP contribution in [0, 0.1) is 3.57 Å². The van der Waals surface area contributed by atoms with Gasteiger partial charge >= 0.3 is 0 Å². The number of rotatable bonds is 5. The molecule has 3 nitrogen and oxygen atoms in total. The van der Waals surface area contributed by atoms with Crippen molar-refractivity contribution in [1.29, 1.82) is 0 Å². The van der Waals surface area contributed by atoms with Crippen molar-refractivity contribution in [2.24, 2.45) is 5.73 Å². The molecular weight excluding hydrogens is 341 g/mol. The molecule has 0 saturated carbocycles. The molecule has 0 aliphatic carbocycles. The summed E-state index contributed by atoms with van der Waals surface area (Å²) in [6, 6.07) is 11.5. The molecule has 2 N–H and O–H groups in total. The number of hydrogen-bond donors (Lipinski definition) is 1. The molecule has 96 valence electrons. The summed E-state index contributed by atoms with van der Waals surface area (Å²) in [6.45, 7) is 2.04. The van der Waals surface area contributed by atoms with Crippen LogP contribution in [0.4, 0.5) is 0 Å². The van der Waals surface area contributed by atoms with E-state index in [1.807, 2.05) is 43.3 Å². The van der Waals surface area contributed by atoms with E-state index in [1.165, 1.54) is 0 Å². The number of para-hydroxylation sites is 1. The van der Waals surface area contributed by atoms with Gasteiger partial charge in [0.25, 0.3) is 0 Å². The van der Waals surface area contributed by atoms with E-state index >= 15 is 0 Å². The molecule has 18 heavy (non-hydrogen) atoms. The van der Waals surface area contributed by atoms with Crippen LogP contribution in [0.1, 0.15) is 25.2 Å². The Balaban J connectivity index is 2.24. The maximum atomic E-state index is 6.12. The summed E-state index contributed by atoms with van der Waals surface area (Å²) in [5.41, 5.74) is 6.12. The van der Waals surface area contributed by atoms with Gasteiger partial charge in [-0.15, -0.1) is 0 Å². The number of benzene rings is 1. The van der Waals surface area contributed by atoms with Gasteiger partial charge in [0.1, 0.15) is 11.5 Å². The molecule has 0 aliphatic heterocycles. The fourth-order valence-electron chi connectivity index (χ4n) is 1.70. The molecule has 0 aliphatic rings. The second-order valence-corrected chi connectivity index (χ2v) is 5.22. The van der Waals surface area contributed by atoms with Crippen LogP contribution in [0.25, 0.3) is 0 Å². The molecule has 4 heteroatoms. The molecule has 0 radical (unpaired) electrons. The first-order valence-electron chi connectivity index (χ1n) is 5.92.